The summed E-state index contributed by atoms with van der Waals surface area (Å²) in [6, 6.07) is 3.83. The molecule has 0 atom stereocenters. The fourth-order valence-corrected chi connectivity index (χ4v) is 2.67. The van der Waals surface area contributed by atoms with Gasteiger partial charge in [0.05, 0.1) is 17.6 Å². The van der Waals surface area contributed by atoms with E-state index in [4.69, 9.17) is 16.3 Å². The Kier molecular flexibility index (Phi) is 4.15. The normalized spacial score (nSPS) is 11.1. The second-order valence-electron chi connectivity index (χ2n) is 4.45. The van der Waals surface area contributed by atoms with Crippen molar-refractivity contribution in [1.82, 2.24) is 9.88 Å². The van der Waals surface area contributed by atoms with E-state index in [9.17, 15) is 0 Å². The number of ether oxygens (including phenoxy) is 1. The van der Waals surface area contributed by atoms with Crippen LogP contribution in [0.1, 0.15) is 12.0 Å². The van der Waals surface area contributed by atoms with Gasteiger partial charge in [-0.15, -0.1) is 0 Å². The number of hydrogen-bond donors (Lipinski definition) is 1. The van der Waals surface area contributed by atoms with Gasteiger partial charge in [0.2, 0.25) is 0 Å². The molecule has 2 rings (SSSR count). The number of fused-ring (bicyclic) bond motifs is 1. The summed E-state index contributed by atoms with van der Waals surface area (Å²) < 4.78 is 7.53. The molecule has 0 amide bonds. The summed E-state index contributed by atoms with van der Waals surface area (Å²) in [5, 5.41) is 5.08. The number of nitrogens with zero attached hydrogens (tertiary/aromatic N) is 1. The number of benzene rings is 1. The van der Waals surface area contributed by atoms with Gasteiger partial charge >= 0.3 is 0 Å². The molecule has 0 bridgehead atoms. The van der Waals surface area contributed by atoms with E-state index >= 15 is 0 Å². The lowest BCUT2D eigenvalue weighted by Crippen LogP contribution is -2.08. The zero-order valence-corrected chi connectivity index (χ0v) is 11.8. The van der Waals surface area contributed by atoms with Crippen LogP contribution in [0.15, 0.2) is 18.3 Å². The molecule has 0 fully saturated rings. The zero-order chi connectivity index (χ0) is 13.1. The number of methoxy groups -OCH3 is 1. The monoisotopic (exact) mass is 266 g/mol. The lowest BCUT2D eigenvalue weighted by molar-refractivity contribution is 0.419. The molecule has 1 N–H and O–H groups in total. The van der Waals surface area contributed by atoms with Gasteiger partial charge in [0.25, 0.3) is 0 Å². The molecule has 0 aliphatic carbocycles. The standard InChI is InChI=1S/C14H19ClN2O/c1-16-8-4-5-10-9-17(2)14-11(15)6-7-12(18-3)13(10)14/h6-7,9,16H,4-5,8H2,1-3H3. The van der Waals surface area contributed by atoms with Gasteiger partial charge in [-0.3, -0.25) is 0 Å². The van der Waals surface area contributed by atoms with Crippen LogP contribution in [0.2, 0.25) is 5.02 Å². The van der Waals surface area contributed by atoms with E-state index in [0.29, 0.717) is 0 Å². The minimum atomic E-state index is 0.771. The van der Waals surface area contributed by atoms with Gasteiger partial charge in [0, 0.05) is 18.6 Å². The first-order chi connectivity index (χ1) is 8.69. The zero-order valence-electron chi connectivity index (χ0n) is 11.1. The minimum absolute atomic E-state index is 0.771. The van der Waals surface area contributed by atoms with Crippen LogP contribution >= 0.6 is 11.6 Å². The molecule has 0 saturated carbocycles. The van der Waals surface area contributed by atoms with Crippen molar-refractivity contribution in [2.24, 2.45) is 7.05 Å². The van der Waals surface area contributed by atoms with Crippen molar-refractivity contribution in [2.45, 2.75) is 12.8 Å². The number of aryl methyl sites for hydroxylation is 2. The highest BCUT2D eigenvalue weighted by molar-refractivity contribution is 6.35. The van der Waals surface area contributed by atoms with E-state index in [1.54, 1.807) is 7.11 Å². The van der Waals surface area contributed by atoms with E-state index in [2.05, 4.69) is 16.1 Å². The smallest absolute Gasteiger partial charge is 0.128 e. The van der Waals surface area contributed by atoms with Crippen molar-refractivity contribution in [3.63, 3.8) is 0 Å². The third kappa shape index (κ3) is 2.33. The fourth-order valence-electron chi connectivity index (χ4n) is 2.38. The largest absolute Gasteiger partial charge is 0.496 e. The van der Waals surface area contributed by atoms with E-state index in [1.807, 2.05) is 26.2 Å². The molecule has 1 aromatic heterocycles. The van der Waals surface area contributed by atoms with E-state index in [0.717, 1.165) is 41.1 Å². The summed E-state index contributed by atoms with van der Waals surface area (Å²) in [5.74, 6) is 0.898. The molecule has 98 valence electrons. The van der Waals surface area contributed by atoms with Crippen molar-refractivity contribution in [3.8, 4) is 5.75 Å². The summed E-state index contributed by atoms with van der Waals surface area (Å²) >= 11 is 6.28. The Bertz CT molecular complexity index is 548. The Morgan fingerprint density at radius 1 is 1.39 bits per heavy atom. The van der Waals surface area contributed by atoms with Crippen molar-refractivity contribution >= 4 is 22.5 Å². The second kappa shape index (κ2) is 5.63. The highest BCUT2D eigenvalue weighted by Crippen LogP contribution is 2.35. The molecule has 0 saturated heterocycles. The maximum Gasteiger partial charge on any atom is 0.128 e. The SMILES string of the molecule is CNCCCc1cn(C)c2c(Cl)ccc(OC)c12. The van der Waals surface area contributed by atoms with Gasteiger partial charge < -0.3 is 14.6 Å². The average molecular weight is 267 g/mol. The molecular weight excluding hydrogens is 248 g/mol. The Morgan fingerprint density at radius 2 is 2.17 bits per heavy atom. The summed E-state index contributed by atoms with van der Waals surface area (Å²) in [4.78, 5) is 0. The van der Waals surface area contributed by atoms with Crippen LogP contribution in [0.4, 0.5) is 0 Å². The average Bonchev–Trinajstić information content (AvgIpc) is 2.69. The van der Waals surface area contributed by atoms with E-state index < -0.39 is 0 Å². The van der Waals surface area contributed by atoms with Crippen molar-refractivity contribution < 1.29 is 4.74 Å². The predicted octanol–water partition coefficient (Wildman–Crippen LogP) is 2.99. The van der Waals surface area contributed by atoms with Gasteiger partial charge in [-0.1, -0.05) is 11.6 Å². The molecule has 0 spiro atoms. The van der Waals surface area contributed by atoms with Crippen molar-refractivity contribution in [3.05, 3.63) is 28.9 Å². The minimum Gasteiger partial charge on any atom is -0.496 e. The second-order valence-corrected chi connectivity index (χ2v) is 4.85. The first-order valence-electron chi connectivity index (χ1n) is 6.14. The molecule has 1 aromatic carbocycles. The maximum absolute atomic E-state index is 6.28. The Labute approximate surface area is 113 Å². The molecule has 0 aliphatic rings. The fraction of sp³-hybridized carbons (Fsp3) is 0.429. The molecule has 0 aliphatic heterocycles. The van der Waals surface area contributed by atoms with Gasteiger partial charge in [0.1, 0.15) is 5.75 Å². The lowest BCUT2D eigenvalue weighted by Gasteiger charge is -2.06. The number of hydrogen-bond acceptors (Lipinski definition) is 2. The quantitative estimate of drug-likeness (QED) is 0.842. The molecule has 1 heterocycles. The lowest BCUT2D eigenvalue weighted by atomic mass is 10.1. The summed E-state index contributed by atoms with van der Waals surface area (Å²) in [7, 11) is 5.70. The number of nitrogens with one attached hydrogen (secondary N) is 1. The Balaban J connectivity index is 2.49. The van der Waals surface area contributed by atoms with E-state index in [1.165, 1.54) is 5.56 Å². The highest BCUT2D eigenvalue weighted by atomic mass is 35.5. The third-order valence-corrected chi connectivity index (χ3v) is 3.51. The van der Waals surface area contributed by atoms with Gasteiger partial charge in [-0.05, 0) is 44.1 Å². The number of halogens is 1. The molecule has 3 nitrogen and oxygen atoms in total. The maximum atomic E-state index is 6.28. The Hall–Kier alpha value is -1.19. The number of aromatic nitrogens is 1. The van der Waals surface area contributed by atoms with Gasteiger partial charge in [0.15, 0.2) is 0 Å². The van der Waals surface area contributed by atoms with Crippen LogP contribution in [-0.4, -0.2) is 25.3 Å². The molecule has 0 radical (unpaired) electrons. The first-order valence-corrected chi connectivity index (χ1v) is 6.51. The first kappa shape index (κ1) is 13.2. The van der Waals surface area contributed by atoms with Gasteiger partial charge in [-0.25, -0.2) is 0 Å². The van der Waals surface area contributed by atoms with Crippen LogP contribution in [0.3, 0.4) is 0 Å². The number of rotatable bonds is 5. The molecule has 2 aromatic rings. The Morgan fingerprint density at radius 3 is 2.83 bits per heavy atom. The summed E-state index contributed by atoms with van der Waals surface area (Å²) in [6.45, 7) is 1.01. The third-order valence-electron chi connectivity index (χ3n) is 3.21. The summed E-state index contributed by atoms with van der Waals surface area (Å²) in [5.41, 5.74) is 2.34. The molecule has 18 heavy (non-hydrogen) atoms. The van der Waals surface area contributed by atoms with Gasteiger partial charge in [-0.2, -0.15) is 0 Å². The van der Waals surface area contributed by atoms with Crippen LogP contribution in [-0.2, 0) is 13.5 Å². The molecule has 0 unspecified atom stereocenters. The summed E-state index contributed by atoms with van der Waals surface area (Å²) in [6.07, 6.45) is 4.27. The van der Waals surface area contributed by atoms with E-state index in [-0.39, 0.29) is 0 Å². The molecule has 4 heteroatoms. The van der Waals surface area contributed by atoms with Crippen molar-refractivity contribution in [1.29, 1.82) is 0 Å². The topological polar surface area (TPSA) is 26.2 Å². The van der Waals surface area contributed by atoms with Crippen LogP contribution < -0.4 is 10.1 Å². The van der Waals surface area contributed by atoms with Crippen LogP contribution in [0, 0.1) is 0 Å². The van der Waals surface area contributed by atoms with Crippen LogP contribution in [0.25, 0.3) is 10.9 Å². The molecular formula is C14H19ClN2O. The predicted molar refractivity (Wildman–Crippen MR) is 76.7 cm³/mol. The van der Waals surface area contributed by atoms with Crippen molar-refractivity contribution in [2.75, 3.05) is 20.7 Å². The highest BCUT2D eigenvalue weighted by Gasteiger charge is 2.14. The van der Waals surface area contributed by atoms with Crippen LogP contribution in [0.5, 0.6) is 5.75 Å².